The quantitative estimate of drug-likeness (QED) is 0.648. The lowest BCUT2D eigenvalue weighted by Crippen LogP contribution is -2.34. The molecule has 1 aromatic carbocycles. The molecule has 0 spiro atoms. The molecule has 4 nitrogen and oxygen atoms in total. The Hall–Kier alpha value is -1.07. The number of nitrogens with zero attached hydrogens (tertiary/aromatic N) is 1. The Balaban J connectivity index is 2.79. The molecule has 0 aliphatic heterocycles. The number of carbonyl (C=O) groups is 1. The van der Waals surface area contributed by atoms with Gasteiger partial charge in [-0.25, -0.2) is 0 Å². The SMILES string of the molecule is CCOCCN(CC)C(=O)c1cc(N)ccc1Br. The highest BCUT2D eigenvalue weighted by molar-refractivity contribution is 9.10. The number of carbonyl (C=O) groups excluding carboxylic acids is 1. The van der Waals surface area contributed by atoms with Crippen LogP contribution in [-0.4, -0.2) is 37.1 Å². The van der Waals surface area contributed by atoms with Crippen molar-refractivity contribution in [2.75, 3.05) is 32.0 Å². The molecule has 18 heavy (non-hydrogen) atoms. The van der Waals surface area contributed by atoms with Crippen molar-refractivity contribution in [2.45, 2.75) is 13.8 Å². The van der Waals surface area contributed by atoms with E-state index in [1.807, 2.05) is 13.8 Å². The average Bonchev–Trinajstić information content (AvgIpc) is 2.37. The van der Waals surface area contributed by atoms with Crippen LogP contribution in [0.25, 0.3) is 0 Å². The molecule has 1 aromatic rings. The molecular formula is C13H19BrN2O2. The predicted molar refractivity (Wildman–Crippen MR) is 76.6 cm³/mol. The number of rotatable bonds is 6. The summed E-state index contributed by atoms with van der Waals surface area (Å²) in [5.74, 6) is -0.0311. The van der Waals surface area contributed by atoms with Gasteiger partial charge in [0.1, 0.15) is 0 Å². The summed E-state index contributed by atoms with van der Waals surface area (Å²) in [6, 6.07) is 5.24. The monoisotopic (exact) mass is 314 g/mol. The number of amides is 1. The van der Waals surface area contributed by atoms with E-state index in [-0.39, 0.29) is 5.91 Å². The zero-order chi connectivity index (χ0) is 13.5. The highest BCUT2D eigenvalue weighted by Crippen LogP contribution is 2.21. The van der Waals surface area contributed by atoms with Gasteiger partial charge in [-0.2, -0.15) is 0 Å². The van der Waals surface area contributed by atoms with E-state index in [1.165, 1.54) is 0 Å². The van der Waals surface area contributed by atoms with Gasteiger partial charge in [-0.15, -0.1) is 0 Å². The number of likely N-dealkylation sites (N-methyl/N-ethyl adjacent to an activating group) is 1. The van der Waals surface area contributed by atoms with Crippen molar-refractivity contribution in [3.8, 4) is 0 Å². The summed E-state index contributed by atoms with van der Waals surface area (Å²) < 4.78 is 6.04. The van der Waals surface area contributed by atoms with Gasteiger partial charge in [0.2, 0.25) is 0 Å². The lowest BCUT2D eigenvalue weighted by atomic mass is 10.1. The normalized spacial score (nSPS) is 10.4. The molecule has 5 heteroatoms. The fraction of sp³-hybridized carbons (Fsp3) is 0.462. The van der Waals surface area contributed by atoms with Gasteiger partial charge in [0, 0.05) is 29.9 Å². The van der Waals surface area contributed by atoms with Crippen LogP contribution in [-0.2, 0) is 4.74 Å². The van der Waals surface area contributed by atoms with Gasteiger partial charge in [-0.05, 0) is 48.0 Å². The van der Waals surface area contributed by atoms with Crippen molar-refractivity contribution in [2.24, 2.45) is 0 Å². The zero-order valence-corrected chi connectivity index (χ0v) is 12.4. The molecule has 0 atom stereocenters. The van der Waals surface area contributed by atoms with Crippen LogP contribution in [0.1, 0.15) is 24.2 Å². The molecule has 0 aliphatic carbocycles. The average molecular weight is 315 g/mol. The maximum Gasteiger partial charge on any atom is 0.255 e. The van der Waals surface area contributed by atoms with Crippen molar-refractivity contribution >= 4 is 27.5 Å². The molecule has 2 N–H and O–H groups in total. The Kier molecular flexibility index (Phi) is 6.15. The van der Waals surface area contributed by atoms with Crippen LogP contribution in [0.2, 0.25) is 0 Å². The Labute approximate surface area is 116 Å². The van der Waals surface area contributed by atoms with E-state index in [0.717, 1.165) is 4.47 Å². The predicted octanol–water partition coefficient (Wildman–Crippen LogP) is 2.53. The molecule has 0 aromatic heterocycles. The van der Waals surface area contributed by atoms with Gasteiger partial charge < -0.3 is 15.4 Å². The van der Waals surface area contributed by atoms with Crippen LogP contribution in [0.4, 0.5) is 5.69 Å². The van der Waals surface area contributed by atoms with Crippen LogP contribution in [0.3, 0.4) is 0 Å². The van der Waals surface area contributed by atoms with E-state index >= 15 is 0 Å². The van der Waals surface area contributed by atoms with E-state index in [4.69, 9.17) is 10.5 Å². The van der Waals surface area contributed by atoms with Gasteiger partial charge in [0.05, 0.1) is 12.2 Å². The molecule has 0 saturated heterocycles. The molecule has 1 rings (SSSR count). The first kappa shape index (κ1) is 15.0. The molecule has 0 saturated carbocycles. The summed E-state index contributed by atoms with van der Waals surface area (Å²) in [5, 5.41) is 0. The fourth-order valence-corrected chi connectivity index (χ4v) is 2.02. The zero-order valence-electron chi connectivity index (χ0n) is 10.8. The summed E-state index contributed by atoms with van der Waals surface area (Å²) in [6.07, 6.45) is 0. The van der Waals surface area contributed by atoms with Gasteiger partial charge in [0.15, 0.2) is 0 Å². The third kappa shape index (κ3) is 3.99. The number of nitrogen functional groups attached to an aromatic ring is 1. The number of nitrogens with two attached hydrogens (primary N) is 1. The standard InChI is InChI=1S/C13H19BrN2O2/c1-3-16(7-8-18-4-2)13(17)11-9-10(15)5-6-12(11)14/h5-6,9H,3-4,7-8,15H2,1-2H3. The minimum Gasteiger partial charge on any atom is -0.399 e. The second-order valence-electron chi connectivity index (χ2n) is 3.82. The van der Waals surface area contributed by atoms with Gasteiger partial charge in [0.25, 0.3) is 5.91 Å². The maximum absolute atomic E-state index is 12.3. The van der Waals surface area contributed by atoms with Crippen molar-refractivity contribution in [3.05, 3.63) is 28.2 Å². The summed E-state index contributed by atoms with van der Waals surface area (Å²) in [4.78, 5) is 14.1. The highest BCUT2D eigenvalue weighted by Gasteiger charge is 2.16. The summed E-state index contributed by atoms with van der Waals surface area (Å²) in [5.41, 5.74) is 6.89. The van der Waals surface area contributed by atoms with Crippen LogP contribution in [0, 0.1) is 0 Å². The number of benzene rings is 1. The van der Waals surface area contributed by atoms with E-state index in [2.05, 4.69) is 15.9 Å². The van der Waals surface area contributed by atoms with Crippen molar-refractivity contribution in [1.82, 2.24) is 4.90 Å². The van der Waals surface area contributed by atoms with E-state index < -0.39 is 0 Å². The Morgan fingerprint density at radius 3 is 2.78 bits per heavy atom. The molecule has 1 amide bonds. The van der Waals surface area contributed by atoms with E-state index in [1.54, 1.807) is 23.1 Å². The first-order valence-corrected chi connectivity index (χ1v) is 6.81. The Morgan fingerprint density at radius 2 is 2.17 bits per heavy atom. The lowest BCUT2D eigenvalue weighted by Gasteiger charge is -2.21. The van der Waals surface area contributed by atoms with Crippen LogP contribution in [0.5, 0.6) is 0 Å². The number of ether oxygens (including phenoxy) is 1. The van der Waals surface area contributed by atoms with Crippen molar-refractivity contribution < 1.29 is 9.53 Å². The Morgan fingerprint density at radius 1 is 1.44 bits per heavy atom. The summed E-state index contributed by atoms with van der Waals surface area (Å²) in [7, 11) is 0. The van der Waals surface area contributed by atoms with Crippen LogP contribution in [0.15, 0.2) is 22.7 Å². The molecule has 100 valence electrons. The van der Waals surface area contributed by atoms with Gasteiger partial charge in [-0.1, -0.05) is 0 Å². The molecule has 0 fully saturated rings. The lowest BCUT2D eigenvalue weighted by molar-refractivity contribution is 0.0668. The molecule has 0 heterocycles. The maximum atomic E-state index is 12.3. The van der Waals surface area contributed by atoms with Crippen LogP contribution < -0.4 is 5.73 Å². The van der Waals surface area contributed by atoms with E-state index in [0.29, 0.717) is 37.6 Å². The molecule has 0 aliphatic rings. The second kappa shape index (κ2) is 7.38. The molecule has 0 bridgehead atoms. The third-order valence-corrected chi connectivity index (χ3v) is 3.29. The minimum absolute atomic E-state index is 0.0311. The van der Waals surface area contributed by atoms with Crippen molar-refractivity contribution in [1.29, 1.82) is 0 Å². The molecular weight excluding hydrogens is 296 g/mol. The smallest absolute Gasteiger partial charge is 0.255 e. The fourth-order valence-electron chi connectivity index (χ4n) is 1.60. The van der Waals surface area contributed by atoms with E-state index in [9.17, 15) is 4.79 Å². The number of anilines is 1. The summed E-state index contributed by atoms with van der Waals surface area (Å²) >= 11 is 3.38. The number of hydrogen-bond acceptors (Lipinski definition) is 3. The third-order valence-electron chi connectivity index (χ3n) is 2.60. The number of halogens is 1. The number of hydrogen-bond donors (Lipinski definition) is 1. The molecule has 0 radical (unpaired) electrons. The highest BCUT2D eigenvalue weighted by atomic mass is 79.9. The summed E-state index contributed by atoms with van der Waals surface area (Å²) in [6.45, 7) is 6.33. The first-order chi connectivity index (χ1) is 8.60. The van der Waals surface area contributed by atoms with Gasteiger partial charge in [-0.3, -0.25) is 4.79 Å². The van der Waals surface area contributed by atoms with Crippen LogP contribution >= 0.6 is 15.9 Å². The second-order valence-corrected chi connectivity index (χ2v) is 4.68. The molecule has 0 unspecified atom stereocenters. The minimum atomic E-state index is -0.0311. The Bertz CT molecular complexity index is 410. The first-order valence-electron chi connectivity index (χ1n) is 6.02. The topological polar surface area (TPSA) is 55.6 Å². The van der Waals surface area contributed by atoms with Crippen molar-refractivity contribution in [3.63, 3.8) is 0 Å². The van der Waals surface area contributed by atoms with Gasteiger partial charge >= 0.3 is 0 Å². The largest absolute Gasteiger partial charge is 0.399 e.